The van der Waals surface area contributed by atoms with Crippen molar-refractivity contribution in [2.24, 2.45) is 4.99 Å². The first-order valence-electron chi connectivity index (χ1n) is 8.17. The van der Waals surface area contributed by atoms with Crippen LogP contribution >= 0.6 is 24.0 Å². The number of rotatable bonds is 7. The van der Waals surface area contributed by atoms with Crippen molar-refractivity contribution in [3.63, 3.8) is 0 Å². The van der Waals surface area contributed by atoms with Crippen LogP contribution in [0.1, 0.15) is 25.8 Å². The van der Waals surface area contributed by atoms with Gasteiger partial charge in [0.1, 0.15) is 5.82 Å². The van der Waals surface area contributed by atoms with Crippen LogP contribution in [0, 0.1) is 5.82 Å². The van der Waals surface area contributed by atoms with Crippen LogP contribution in [0.5, 0.6) is 0 Å². The summed E-state index contributed by atoms with van der Waals surface area (Å²) in [4.78, 5) is 8.26. The minimum Gasteiger partial charge on any atom is -0.356 e. The zero-order valence-corrected chi connectivity index (χ0v) is 17.3. The molecule has 0 unspecified atom stereocenters. The molecule has 2 N–H and O–H groups in total. The molecule has 1 aromatic carbocycles. The monoisotopic (exact) mass is 459 g/mol. The predicted octanol–water partition coefficient (Wildman–Crippen LogP) is 3.17. The van der Waals surface area contributed by atoms with Crippen molar-refractivity contribution in [2.45, 2.75) is 32.2 Å². The number of aryl methyl sites for hydroxylation is 1. The van der Waals surface area contributed by atoms with Gasteiger partial charge in [-0.25, -0.2) is 9.37 Å². The molecule has 0 aliphatic heterocycles. The van der Waals surface area contributed by atoms with E-state index in [2.05, 4.69) is 34.5 Å². The summed E-state index contributed by atoms with van der Waals surface area (Å²) in [6, 6.07) is 6.75. The fourth-order valence-corrected chi connectivity index (χ4v) is 2.42. The maximum atomic E-state index is 13.4. The van der Waals surface area contributed by atoms with E-state index in [1.807, 2.05) is 23.2 Å². The highest BCUT2D eigenvalue weighted by atomic mass is 127. The van der Waals surface area contributed by atoms with Gasteiger partial charge in [0.15, 0.2) is 5.96 Å². The molecule has 0 saturated heterocycles. The lowest BCUT2D eigenvalue weighted by atomic mass is 9.84. The molecule has 1 heterocycles. The number of aliphatic imine (C=N–C) groups is 1. The van der Waals surface area contributed by atoms with Gasteiger partial charge < -0.3 is 15.2 Å². The molecule has 25 heavy (non-hydrogen) atoms. The van der Waals surface area contributed by atoms with Crippen LogP contribution in [0.2, 0.25) is 0 Å². The first-order chi connectivity index (χ1) is 11.5. The minimum absolute atomic E-state index is 0. The van der Waals surface area contributed by atoms with Crippen LogP contribution in [-0.2, 0) is 12.0 Å². The standard InChI is InChI=1S/C18H26FN5.HI/c1-18(2,15-6-4-7-16(19)12-15)13-23-17(20-3)22-8-5-10-24-11-9-21-14-24;/h4,6-7,9,11-12,14H,5,8,10,13H2,1-3H3,(H2,20,22,23);1H. The van der Waals surface area contributed by atoms with Crippen LogP contribution in [0.3, 0.4) is 0 Å². The third-order valence-electron chi connectivity index (χ3n) is 3.97. The number of hydrogen-bond acceptors (Lipinski definition) is 2. The molecule has 138 valence electrons. The van der Waals surface area contributed by atoms with Crippen LogP contribution in [0.15, 0.2) is 48.0 Å². The van der Waals surface area contributed by atoms with Gasteiger partial charge in [0.2, 0.25) is 0 Å². The van der Waals surface area contributed by atoms with Gasteiger partial charge in [-0.3, -0.25) is 4.99 Å². The molecule has 0 aliphatic carbocycles. The zero-order valence-electron chi connectivity index (χ0n) is 15.0. The fourth-order valence-electron chi connectivity index (χ4n) is 2.42. The summed E-state index contributed by atoms with van der Waals surface area (Å²) >= 11 is 0. The molecule has 0 radical (unpaired) electrons. The van der Waals surface area contributed by atoms with E-state index in [1.54, 1.807) is 25.4 Å². The van der Waals surface area contributed by atoms with E-state index in [4.69, 9.17) is 0 Å². The summed E-state index contributed by atoms with van der Waals surface area (Å²) in [7, 11) is 1.75. The first kappa shape index (κ1) is 21.4. The Labute approximate surface area is 166 Å². The largest absolute Gasteiger partial charge is 0.356 e. The molecule has 0 amide bonds. The predicted molar refractivity (Wildman–Crippen MR) is 111 cm³/mol. The first-order valence-corrected chi connectivity index (χ1v) is 8.17. The van der Waals surface area contributed by atoms with E-state index in [-0.39, 0.29) is 35.2 Å². The minimum atomic E-state index is -0.206. The van der Waals surface area contributed by atoms with Crippen LogP contribution < -0.4 is 10.6 Å². The number of nitrogens with one attached hydrogen (secondary N) is 2. The Bertz CT molecular complexity index is 655. The Balaban J connectivity index is 0.00000312. The van der Waals surface area contributed by atoms with Crippen molar-refractivity contribution in [2.75, 3.05) is 20.1 Å². The summed E-state index contributed by atoms with van der Waals surface area (Å²) in [6.45, 7) is 6.57. The Morgan fingerprint density at radius 3 is 2.76 bits per heavy atom. The molecular formula is C18H27FIN5. The smallest absolute Gasteiger partial charge is 0.191 e. The number of nitrogens with zero attached hydrogens (tertiary/aromatic N) is 3. The maximum absolute atomic E-state index is 13.4. The molecule has 2 rings (SSSR count). The number of benzene rings is 1. The number of hydrogen-bond donors (Lipinski definition) is 2. The van der Waals surface area contributed by atoms with E-state index < -0.39 is 0 Å². The second kappa shape index (κ2) is 10.4. The molecule has 0 spiro atoms. The van der Waals surface area contributed by atoms with Crippen LogP contribution in [0.4, 0.5) is 4.39 Å². The van der Waals surface area contributed by atoms with Gasteiger partial charge in [-0.1, -0.05) is 26.0 Å². The molecule has 0 bridgehead atoms. The Morgan fingerprint density at radius 2 is 2.12 bits per heavy atom. The van der Waals surface area contributed by atoms with E-state index in [9.17, 15) is 4.39 Å². The zero-order chi connectivity index (χ0) is 17.4. The maximum Gasteiger partial charge on any atom is 0.191 e. The SMILES string of the molecule is CN=C(NCCCn1ccnc1)NCC(C)(C)c1cccc(F)c1.I. The second-order valence-corrected chi connectivity index (χ2v) is 6.40. The van der Waals surface area contributed by atoms with Crippen molar-refractivity contribution in [3.05, 3.63) is 54.4 Å². The van der Waals surface area contributed by atoms with Gasteiger partial charge in [0.05, 0.1) is 6.33 Å². The highest BCUT2D eigenvalue weighted by molar-refractivity contribution is 14.0. The van der Waals surface area contributed by atoms with Gasteiger partial charge in [0.25, 0.3) is 0 Å². The van der Waals surface area contributed by atoms with E-state index in [0.717, 1.165) is 31.0 Å². The van der Waals surface area contributed by atoms with Gasteiger partial charge in [0, 0.05) is 44.5 Å². The highest BCUT2D eigenvalue weighted by Gasteiger charge is 2.21. The van der Waals surface area contributed by atoms with Gasteiger partial charge in [-0.05, 0) is 24.1 Å². The topological polar surface area (TPSA) is 54.2 Å². The second-order valence-electron chi connectivity index (χ2n) is 6.40. The molecule has 0 fully saturated rings. The quantitative estimate of drug-likeness (QED) is 0.290. The Hall–Kier alpha value is -1.64. The number of imidazole rings is 1. The Kier molecular flexibility index (Phi) is 8.88. The summed E-state index contributed by atoms with van der Waals surface area (Å²) in [5.41, 5.74) is 0.766. The van der Waals surface area contributed by atoms with Gasteiger partial charge in [-0.15, -0.1) is 24.0 Å². The molecule has 0 atom stereocenters. The molecule has 2 aromatic rings. The van der Waals surface area contributed by atoms with Gasteiger partial charge in [-0.2, -0.15) is 0 Å². The van der Waals surface area contributed by atoms with Crippen LogP contribution in [-0.4, -0.2) is 35.6 Å². The van der Waals surface area contributed by atoms with Crippen molar-refractivity contribution < 1.29 is 4.39 Å². The van der Waals surface area contributed by atoms with E-state index >= 15 is 0 Å². The molecule has 1 aromatic heterocycles. The average molecular weight is 459 g/mol. The fraction of sp³-hybridized carbons (Fsp3) is 0.444. The van der Waals surface area contributed by atoms with Gasteiger partial charge >= 0.3 is 0 Å². The third kappa shape index (κ3) is 7.01. The lowest BCUT2D eigenvalue weighted by molar-refractivity contribution is 0.502. The number of halogens is 2. The van der Waals surface area contributed by atoms with E-state index in [0.29, 0.717) is 6.54 Å². The third-order valence-corrected chi connectivity index (χ3v) is 3.97. The molecule has 0 saturated carbocycles. The molecular weight excluding hydrogens is 432 g/mol. The highest BCUT2D eigenvalue weighted by Crippen LogP contribution is 2.22. The summed E-state index contributed by atoms with van der Waals surface area (Å²) < 4.78 is 15.5. The average Bonchev–Trinajstić information content (AvgIpc) is 3.07. The van der Waals surface area contributed by atoms with E-state index in [1.165, 1.54) is 6.07 Å². The Morgan fingerprint density at radius 1 is 1.32 bits per heavy atom. The number of guanidine groups is 1. The normalized spacial score (nSPS) is 11.8. The van der Waals surface area contributed by atoms with Crippen molar-refractivity contribution in [3.8, 4) is 0 Å². The van der Waals surface area contributed by atoms with Crippen molar-refractivity contribution in [1.29, 1.82) is 0 Å². The van der Waals surface area contributed by atoms with Crippen molar-refractivity contribution >= 4 is 29.9 Å². The summed E-state index contributed by atoms with van der Waals surface area (Å²) in [6.07, 6.45) is 6.52. The van der Waals surface area contributed by atoms with Crippen molar-refractivity contribution in [1.82, 2.24) is 20.2 Å². The molecule has 0 aliphatic rings. The summed E-state index contributed by atoms with van der Waals surface area (Å²) in [5.74, 6) is 0.549. The molecule has 5 nitrogen and oxygen atoms in total. The summed E-state index contributed by atoms with van der Waals surface area (Å²) in [5, 5.41) is 6.62. The lowest BCUT2D eigenvalue weighted by Gasteiger charge is -2.27. The van der Waals surface area contributed by atoms with Crippen LogP contribution in [0.25, 0.3) is 0 Å². The number of aromatic nitrogens is 2. The lowest BCUT2D eigenvalue weighted by Crippen LogP contribution is -2.43. The molecule has 7 heteroatoms.